The summed E-state index contributed by atoms with van der Waals surface area (Å²) in [4.78, 5) is 8.98. The van der Waals surface area contributed by atoms with Crippen LogP contribution in [-0.2, 0) is 0 Å². The van der Waals surface area contributed by atoms with Gasteiger partial charge in [0.05, 0.1) is 0 Å². The predicted molar refractivity (Wildman–Crippen MR) is 62.9 cm³/mol. The van der Waals surface area contributed by atoms with Gasteiger partial charge >= 0.3 is 0 Å². The SMILES string of the molecule is CN=C(N)N1CC2CCCCN2CC1C. The minimum Gasteiger partial charge on any atom is -0.370 e. The molecule has 0 amide bonds. The van der Waals surface area contributed by atoms with E-state index in [-0.39, 0.29) is 0 Å². The van der Waals surface area contributed by atoms with Gasteiger partial charge in [0.25, 0.3) is 0 Å². The number of piperazine rings is 1. The Balaban J connectivity index is 2.04. The Kier molecular flexibility index (Phi) is 3.14. The largest absolute Gasteiger partial charge is 0.370 e. The van der Waals surface area contributed by atoms with Crippen molar-refractivity contribution in [2.75, 3.05) is 26.7 Å². The van der Waals surface area contributed by atoms with Crippen LogP contribution < -0.4 is 5.73 Å². The number of rotatable bonds is 0. The third kappa shape index (κ3) is 2.09. The minimum absolute atomic E-state index is 0.503. The van der Waals surface area contributed by atoms with Crippen molar-refractivity contribution in [2.24, 2.45) is 10.7 Å². The highest BCUT2D eigenvalue weighted by Crippen LogP contribution is 2.23. The molecule has 0 saturated carbocycles. The van der Waals surface area contributed by atoms with Crippen LogP contribution >= 0.6 is 0 Å². The topological polar surface area (TPSA) is 44.9 Å². The van der Waals surface area contributed by atoms with E-state index in [0.717, 1.165) is 13.1 Å². The van der Waals surface area contributed by atoms with Crippen molar-refractivity contribution in [3.63, 3.8) is 0 Å². The molecule has 4 heteroatoms. The molecule has 0 aliphatic carbocycles. The molecule has 2 fully saturated rings. The zero-order chi connectivity index (χ0) is 10.8. The lowest BCUT2D eigenvalue weighted by molar-refractivity contribution is 0.0497. The normalized spacial score (nSPS) is 34.0. The molecule has 4 nitrogen and oxygen atoms in total. The van der Waals surface area contributed by atoms with Crippen LogP contribution in [0, 0.1) is 0 Å². The van der Waals surface area contributed by atoms with Crippen LogP contribution in [0.1, 0.15) is 26.2 Å². The summed E-state index contributed by atoms with van der Waals surface area (Å²) in [5, 5.41) is 0. The fourth-order valence-corrected chi connectivity index (χ4v) is 2.80. The van der Waals surface area contributed by atoms with Gasteiger partial charge in [-0.2, -0.15) is 0 Å². The summed E-state index contributed by atoms with van der Waals surface area (Å²) in [6, 6.07) is 1.21. The molecule has 86 valence electrons. The molecule has 2 rings (SSSR count). The first-order chi connectivity index (χ1) is 7.22. The van der Waals surface area contributed by atoms with Crippen LogP contribution in [0.2, 0.25) is 0 Å². The summed E-state index contributed by atoms with van der Waals surface area (Å²) in [7, 11) is 1.77. The minimum atomic E-state index is 0.503. The van der Waals surface area contributed by atoms with Gasteiger partial charge in [-0.15, -0.1) is 0 Å². The molecule has 2 unspecified atom stereocenters. The first-order valence-corrected chi connectivity index (χ1v) is 5.95. The summed E-state index contributed by atoms with van der Waals surface area (Å²) in [5.41, 5.74) is 5.92. The molecular weight excluding hydrogens is 188 g/mol. The van der Waals surface area contributed by atoms with Crippen LogP contribution in [0.5, 0.6) is 0 Å². The van der Waals surface area contributed by atoms with Crippen molar-refractivity contribution < 1.29 is 0 Å². The fourth-order valence-electron chi connectivity index (χ4n) is 2.80. The molecule has 2 saturated heterocycles. The van der Waals surface area contributed by atoms with E-state index in [1.807, 2.05) is 0 Å². The zero-order valence-corrected chi connectivity index (χ0v) is 9.82. The second-order valence-electron chi connectivity index (χ2n) is 4.73. The van der Waals surface area contributed by atoms with Crippen molar-refractivity contribution in [2.45, 2.75) is 38.3 Å². The molecule has 2 atom stereocenters. The quantitative estimate of drug-likeness (QED) is 0.467. The zero-order valence-electron chi connectivity index (χ0n) is 9.82. The number of piperidine rings is 1. The van der Waals surface area contributed by atoms with Gasteiger partial charge in [0, 0.05) is 32.2 Å². The van der Waals surface area contributed by atoms with Gasteiger partial charge in [-0.05, 0) is 26.3 Å². The molecule has 2 heterocycles. The lowest BCUT2D eigenvalue weighted by Gasteiger charge is -2.47. The predicted octanol–water partition coefficient (Wildman–Crippen LogP) is 0.490. The molecule has 2 aliphatic heterocycles. The average molecular weight is 210 g/mol. The number of hydrogen-bond acceptors (Lipinski definition) is 2. The molecule has 2 N–H and O–H groups in total. The smallest absolute Gasteiger partial charge is 0.191 e. The van der Waals surface area contributed by atoms with Gasteiger partial charge in [-0.3, -0.25) is 9.89 Å². The van der Waals surface area contributed by atoms with E-state index in [0.29, 0.717) is 18.0 Å². The molecule has 0 radical (unpaired) electrons. The second-order valence-corrected chi connectivity index (χ2v) is 4.73. The van der Waals surface area contributed by atoms with Crippen LogP contribution in [0.4, 0.5) is 0 Å². The molecule has 0 spiro atoms. The average Bonchev–Trinajstić information content (AvgIpc) is 2.27. The summed E-state index contributed by atoms with van der Waals surface area (Å²) in [6.07, 6.45) is 4.05. The number of hydrogen-bond donors (Lipinski definition) is 1. The summed E-state index contributed by atoms with van der Waals surface area (Å²) in [5.74, 6) is 0.702. The van der Waals surface area contributed by atoms with Crippen molar-refractivity contribution >= 4 is 5.96 Å². The van der Waals surface area contributed by atoms with E-state index in [1.165, 1.54) is 25.8 Å². The molecule has 0 bridgehead atoms. The number of nitrogens with zero attached hydrogens (tertiary/aromatic N) is 3. The highest BCUT2D eigenvalue weighted by Gasteiger charge is 2.33. The maximum absolute atomic E-state index is 5.92. The van der Waals surface area contributed by atoms with Crippen LogP contribution in [-0.4, -0.2) is 54.5 Å². The lowest BCUT2D eigenvalue weighted by atomic mass is 9.97. The molecule has 0 aromatic heterocycles. The molecular formula is C11H22N4. The van der Waals surface area contributed by atoms with Gasteiger partial charge in [0.1, 0.15) is 0 Å². The van der Waals surface area contributed by atoms with Crippen LogP contribution in [0.15, 0.2) is 4.99 Å². The van der Waals surface area contributed by atoms with Crippen LogP contribution in [0.3, 0.4) is 0 Å². The van der Waals surface area contributed by atoms with Crippen LogP contribution in [0.25, 0.3) is 0 Å². The van der Waals surface area contributed by atoms with E-state index in [1.54, 1.807) is 7.05 Å². The Bertz CT molecular complexity index is 251. The maximum Gasteiger partial charge on any atom is 0.191 e. The summed E-state index contributed by atoms with van der Waals surface area (Å²) >= 11 is 0. The highest BCUT2D eigenvalue weighted by atomic mass is 15.4. The van der Waals surface area contributed by atoms with Gasteiger partial charge in [-0.1, -0.05) is 6.42 Å². The Morgan fingerprint density at radius 1 is 1.33 bits per heavy atom. The van der Waals surface area contributed by atoms with Crippen molar-refractivity contribution in [3.8, 4) is 0 Å². The third-order valence-electron chi connectivity index (χ3n) is 3.71. The number of aliphatic imine (C=N–C) groups is 1. The maximum atomic E-state index is 5.92. The number of fused-ring (bicyclic) bond motifs is 1. The van der Waals surface area contributed by atoms with Gasteiger partial charge in [0.2, 0.25) is 0 Å². The molecule has 0 aromatic rings. The Morgan fingerprint density at radius 3 is 2.87 bits per heavy atom. The Labute approximate surface area is 92.1 Å². The van der Waals surface area contributed by atoms with Gasteiger partial charge < -0.3 is 10.6 Å². The standard InChI is InChI=1S/C11H22N4/c1-9-7-14-6-4-3-5-10(14)8-15(9)11(12)13-2/h9-10H,3-8H2,1-2H3,(H2,12,13). The van der Waals surface area contributed by atoms with E-state index < -0.39 is 0 Å². The van der Waals surface area contributed by atoms with Gasteiger partial charge in [0.15, 0.2) is 5.96 Å². The second kappa shape index (κ2) is 4.39. The van der Waals surface area contributed by atoms with Crippen molar-refractivity contribution in [1.82, 2.24) is 9.80 Å². The molecule has 2 aliphatic rings. The summed E-state index contributed by atoms with van der Waals surface area (Å²) in [6.45, 7) is 5.71. The Hall–Kier alpha value is -0.770. The molecule has 0 aromatic carbocycles. The summed E-state index contributed by atoms with van der Waals surface area (Å²) < 4.78 is 0. The number of guanidine groups is 1. The lowest BCUT2D eigenvalue weighted by Crippen LogP contribution is -2.61. The van der Waals surface area contributed by atoms with E-state index in [4.69, 9.17) is 5.73 Å². The highest BCUT2D eigenvalue weighted by molar-refractivity contribution is 5.78. The van der Waals surface area contributed by atoms with Crippen molar-refractivity contribution in [1.29, 1.82) is 0 Å². The third-order valence-corrected chi connectivity index (χ3v) is 3.71. The first kappa shape index (κ1) is 10.7. The molecule has 15 heavy (non-hydrogen) atoms. The Morgan fingerprint density at radius 2 is 2.13 bits per heavy atom. The van der Waals surface area contributed by atoms with Gasteiger partial charge in [-0.25, -0.2) is 0 Å². The first-order valence-electron chi connectivity index (χ1n) is 5.95. The fraction of sp³-hybridized carbons (Fsp3) is 0.909. The van der Waals surface area contributed by atoms with E-state index in [9.17, 15) is 0 Å². The van der Waals surface area contributed by atoms with E-state index >= 15 is 0 Å². The van der Waals surface area contributed by atoms with Crippen molar-refractivity contribution in [3.05, 3.63) is 0 Å². The monoisotopic (exact) mass is 210 g/mol. The van der Waals surface area contributed by atoms with E-state index in [2.05, 4.69) is 21.7 Å². The number of nitrogens with two attached hydrogens (primary N) is 1.